The normalized spacial score (nSPS) is 27.2. The van der Waals surface area contributed by atoms with Crippen LogP contribution in [0.15, 0.2) is 59.7 Å². The number of amides is 3. The van der Waals surface area contributed by atoms with Crippen molar-refractivity contribution in [3.05, 3.63) is 71.6 Å². The molecule has 2 aromatic carbocycles. The zero-order chi connectivity index (χ0) is 54.2. The average molecular weight is 1050 g/mol. The van der Waals surface area contributed by atoms with E-state index in [1.165, 1.54) is 9.91 Å². The molecule has 3 amide bonds. The van der Waals surface area contributed by atoms with Crippen LogP contribution in [0, 0.1) is 29.1 Å². The number of aliphatic hydroxyl groups is 1. The molecule has 6 heterocycles. The molecule has 412 valence electrons. The minimum atomic E-state index is -1.17. The fraction of sp³-hybridized carbons (Fsp3) is 0.610. The number of benzene rings is 2. The summed E-state index contributed by atoms with van der Waals surface area (Å²) in [5.74, 6) is -2.12. The van der Waals surface area contributed by atoms with Crippen LogP contribution in [0.1, 0.15) is 90.5 Å². The van der Waals surface area contributed by atoms with Crippen LogP contribution in [0.3, 0.4) is 0 Å². The van der Waals surface area contributed by atoms with E-state index in [4.69, 9.17) is 19.2 Å². The molecule has 76 heavy (non-hydrogen) atoms. The van der Waals surface area contributed by atoms with Crippen molar-refractivity contribution in [3.63, 3.8) is 0 Å². The van der Waals surface area contributed by atoms with Crippen LogP contribution in [-0.4, -0.2) is 174 Å². The summed E-state index contributed by atoms with van der Waals surface area (Å²) in [5.41, 5.74) is 10.1. The van der Waals surface area contributed by atoms with E-state index in [1.807, 2.05) is 26.8 Å². The number of cyclic esters (lactones) is 1. The SMILES string of the molecule is C=C[C@@H](C)[C@@H](C(=O)N[C@H]1Cc2cc(O)cc(c2)-c2ccc3c(c2)c(c(C2=C([C@H](C)OC)N=CC(N4CCN(CCCCO)CC4)C2)n3CC)CC(C)(C)COC(=O)[C@H]2NN(CC3C[C@@H]32)C1=O)N(C)C(=O)[C@@H]1OC[C@@H]1CC. The molecule has 0 radical (unpaired) electrons. The molecule has 1 aromatic heterocycles. The summed E-state index contributed by atoms with van der Waals surface area (Å²) < 4.78 is 20.5. The number of nitrogens with one attached hydrogen (secondary N) is 2. The van der Waals surface area contributed by atoms with Crippen molar-refractivity contribution >= 4 is 46.4 Å². The Labute approximate surface area is 448 Å². The van der Waals surface area contributed by atoms with Gasteiger partial charge in [0.05, 0.1) is 30.7 Å². The van der Waals surface area contributed by atoms with Gasteiger partial charge in [-0.25, -0.2) is 5.43 Å². The maximum Gasteiger partial charge on any atom is 0.325 e. The molecule has 0 spiro atoms. The summed E-state index contributed by atoms with van der Waals surface area (Å²) in [5, 5.41) is 26.5. The number of aryl methyl sites for hydroxylation is 1. The lowest BCUT2D eigenvalue weighted by atomic mass is 9.83. The van der Waals surface area contributed by atoms with E-state index in [0.717, 1.165) is 109 Å². The molecule has 17 nitrogen and oxygen atoms in total. The number of carbonyl (C=O) groups is 4. The fourth-order valence-electron chi connectivity index (χ4n) is 12.4. The van der Waals surface area contributed by atoms with Gasteiger partial charge in [0.15, 0.2) is 0 Å². The number of hydrogen-bond donors (Lipinski definition) is 4. The predicted octanol–water partition coefficient (Wildman–Crippen LogP) is 5.59. The number of ether oxygens (including phenoxy) is 3. The van der Waals surface area contributed by atoms with E-state index >= 15 is 4.79 Å². The lowest BCUT2D eigenvalue weighted by Crippen LogP contribution is -2.63. The van der Waals surface area contributed by atoms with Gasteiger partial charge in [-0.3, -0.25) is 34.1 Å². The second-order valence-corrected chi connectivity index (χ2v) is 23.1. The van der Waals surface area contributed by atoms with Gasteiger partial charge >= 0.3 is 5.97 Å². The van der Waals surface area contributed by atoms with Gasteiger partial charge in [0.1, 0.15) is 30.0 Å². The Balaban J connectivity index is 1.12. The van der Waals surface area contributed by atoms with Crippen molar-refractivity contribution < 1.29 is 43.6 Å². The Morgan fingerprint density at radius 1 is 1.07 bits per heavy atom. The molecule has 2 unspecified atom stereocenters. The lowest BCUT2D eigenvalue weighted by molar-refractivity contribution is -0.174. The van der Waals surface area contributed by atoms with Crippen LogP contribution in [0.2, 0.25) is 0 Å². The summed E-state index contributed by atoms with van der Waals surface area (Å²) in [4.78, 5) is 69.7. The lowest BCUT2D eigenvalue weighted by Gasteiger charge is -2.40. The number of nitrogens with zero attached hydrogens (tertiary/aromatic N) is 6. The second-order valence-electron chi connectivity index (χ2n) is 23.1. The minimum Gasteiger partial charge on any atom is -0.508 e. The molecule has 5 aliphatic heterocycles. The quantitative estimate of drug-likeness (QED) is 0.0792. The first-order valence-electron chi connectivity index (χ1n) is 27.9. The number of piperazine rings is 1. The Bertz CT molecular complexity index is 2720. The van der Waals surface area contributed by atoms with Gasteiger partial charge < -0.3 is 44.1 Å². The molecule has 4 fully saturated rings. The number of aromatic nitrogens is 1. The number of unbranched alkanes of at least 4 members (excludes halogenated alkanes) is 1. The van der Waals surface area contributed by atoms with Crippen LogP contribution in [-0.2, 0) is 52.8 Å². The molecular weight excluding hydrogens is 965 g/mol. The molecule has 6 bridgehead atoms. The van der Waals surface area contributed by atoms with Gasteiger partial charge in [-0.2, -0.15) is 0 Å². The maximum absolute atomic E-state index is 15.0. The average Bonchev–Trinajstić information content (AvgIpc) is 4.16. The number of likely N-dealkylation sites (N-methyl/N-ethyl adjacent to an activating group) is 1. The number of phenolic OH excluding ortho intramolecular Hbond substituents is 1. The van der Waals surface area contributed by atoms with Crippen LogP contribution in [0.25, 0.3) is 27.6 Å². The Kier molecular flexibility index (Phi) is 16.9. The van der Waals surface area contributed by atoms with Crippen molar-refractivity contribution in [1.29, 1.82) is 0 Å². The molecule has 9 rings (SSSR count). The first-order chi connectivity index (χ1) is 36.5. The van der Waals surface area contributed by atoms with Crippen molar-refractivity contribution in [2.24, 2.45) is 34.1 Å². The molecule has 1 aliphatic carbocycles. The van der Waals surface area contributed by atoms with Crippen molar-refractivity contribution in [2.45, 2.75) is 129 Å². The van der Waals surface area contributed by atoms with Gasteiger partial charge in [0.25, 0.3) is 11.8 Å². The van der Waals surface area contributed by atoms with Crippen molar-refractivity contribution in [1.82, 2.24) is 35.0 Å². The monoisotopic (exact) mass is 1050 g/mol. The molecule has 3 aromatic rings. The first-order valence-corrected chi connectivity index (χ1v) is 27.9. The molecule has 6 aliphatic rings. The number of aliphatic hydroxyl groups excluding tert-OH is 1. The third kappa shape index (κ3) is 11.4. The summed E-state index contributed by atoms with van der Waals surface area (Å²) in [7, 11) is 3.31. The number of methoxy groups -OCH3 is 1. The molecular formula is C59H82N8O9. The number of aromatic hydroxyl groups is 1. The zero-order valence-electron chi connectivity index (χ0n) is 46.1. The van der Waals surface area contributed by atoms with Gasteiger partial charge in [-0.05, 0) is 117 Å². The number of hydrazine groups is 1. The fourth-order valence-corrected chi connectivity index (χ4v) is 12.4. The number of phenols is 1. The van der Waals surface area contributed by atoms with Gasteiger partial charge in [-0.1, -0.05) is 45.9 Å². The highest BCUT2D eigenvalue weighted by molar-refractivity contribution is 5.96. The summed E-state index contributed by atoms with van der Waals surface area (Å²) in [6.07, 6.45) is 7.36. The van der Waals surface area contributed by atoms with E-state index in [1.54, 1.807) is 32.4 Å². The Hall–Kier alpha value is -5.43. The topological polar surface area (TPSA) is 191 Å². The number of aliphatic imine (C=N–C) groups is 1. The van der Waals surface area contributed by atoms with E-state index in [0.29, 0.717) is 31.7 Å². The predicted molar refractivity (Wildman–Crippen MR) is 293 cm³/mol. The maximum atomic E-state index is 15.0. The number of hydrogen-bond acceptors (Lipinski definition) is 13. The molecule has 17 heteroatoms. The Morgan fingerprint density at radius 3 is 2.53 bits per heavy atom. The number of fused-ring (bicyclic) bond motifs is 8. The smallest absolute Gasteiger partial charge is 0.325 e. The van der Waals surface area contributed by atoms with E-state index in [-0.39, 0.29) is 61.2 Å². The van der Waals surface area contributed by atoms with Crippen molar-refractivity contribution in [2.75, 3.05) is 73.2 Å². The summed E-state index contributed by atoms with van der Waals surface area (Å²) >= 11 is 0. The zero-order valence-corrected chi connectivity index (χ0v) is 46.1. The highest BCUT2D eigenvalue weighted by atomic mass is 16.5. The van der Waals surface area contributed by atoms with Crippen LogP contribution in [0.4, 0.5) is 0 Å². The van der Waals surface area contributed by atoms with E-state index < -0.39 is 53.3 Å². The minimum absolute atomic E-state index is 0.00217. The van der Waals surface area contributed by atoms with Gasteiger partial charge in [-0.15, -0.1) is 6.58 Å². The summed E-state index contributed by atoms with van der Waals surface area (Å²) in [6.45, 7) is 22.8. The van der Waals surface area contributed by atoms with Gasteiger partial charge in [0, 0.05) is 112 Å². The number of esters is 1. The third-order valence-electron chi connectivity index (χ3n) is 17.2. The number of carbonyl (C=O) groups excluding carboxylic acids is 4. The highest BCUT2D eigenvalue weighted by Crippen LogP contribution is 2.46. The first kappa shape index (κ1) is 55.3. The molecule has 4 N–H and O–H groups in total. The van der Waals surface area contributed by atoms with Crippen LogP contribution < -0.4 is 10.7 Å². The standard InChI is InChI=1S/C59H82N8O9/c1-10-35(4)52(63(8)57(72)54-38(11-2)33-75-54)55(70)61-48-25-37-23-40(26-43(69)24-37)39-15-16-49-45(27-39)47(30-59(6,7)34-76-58(73)51-44-28-41(44)32-67(62-51)56(48)71)53(66(49)12-3)46-29-42(31-60-50(46)36(5)74-9)65-20-18-64(19-21-65)17-13-14-22-68/h10,15-16,23-24,26-27,31,35-36,38,41-42,44,48,51-52,54,62,68-69H,1,11-14,17-22,25,28-30,32-34H2,2-9H3,(H,61,70)/t35-,36+,38+,41?,42?,44+,48+,51+,52+,54-/m1/s1. The molecule has 1 saturated carbocycles. The number of rotatable bonds is 16. The highest BCUT2D eigenvalue weighted by Gasteiger charge is 2.53. The van der Waals surface area contributed by atoms with E-state index in [2.05, 4.69) is 76.9 Å². The molecule has 10 atom stereocenters. The Morgan fingerprint density at radius 2 is 1.84 bits per heavy atom. The van der Waals surface area contributed by atoms with Crippen molar-refractivity contribution in [3.8, 4) is 16.9 Å². The van der Waals surface area contributed by atoms with Crippen LogP contribution >= 0.6 is 0 Å². The molecule has 3 saturated heterocycles. The second kappa shape index (κ2) is 23.3. The van der Waals surface area contributed by atoms with Crippen LogP contribution in [0.5, 0.6) is 5.75 Å². The third-order valence-corrected chi connectivity index (χ3v) is 17.2. The van der Waals surface area contributed by atoms with Gasteiger partial charge in [0.2, 0.25) is 5.91 Å². The summed E-state index contributed by atoms with van der Waals surface area (Å²) in [6, 6.07) is 8.81. The van der Waals surface area contributed by atoms with E-state index in [9.17, 15) is 24.6 Å². The largest absolute Gasteiger partial charge is 0.508 e.